The van der Waals surface area contributed by atoms with Gasteiger partial charge in [-0.25, -0.2) is 0 Å². The molecule has 0 saturated carbocycles. The molecule has 0 saturated heterocycles. The van der Waals surface area contributed by atoms with Crippen molar-refractivity contribution in [3.8, 4) is 22.8 Å². The normalized spacial score (nSPS) is 11.9. The fraction of sp³-hybridized carbons (Fsp3) is 0.0909. The summed E-state index contributed by atoms with van der Waals surface area (Å²) in [5.41, 5.74) is 4.06. The van der Waals surface area contributed by atoms with Crippen molar-refractivity contribution in [3.63, 3.8) is 0 Å². The summed E-state index contributed by atoms with van der Waals surface area (Å²) in [5, 5.41) is 6.27. The van der Waals surface area contributed by atoms with Crippen LogP contribution in [0.1, 0.15) is 6.92 Å². The van der Waals surface area contributed by atoms with Crippen molar-refractivity contribution in [2.45, 2.75) is 6.92 Å². The summed E-state index contributed by atoms with van der Waals surface area (Å²) in [6.07, 6.45) is 0. The molecule has 0 spiro atoms. The summed E-state index contributed by atoms with van der Waals surface area (Å²) in [4.78, 5) is 11.5. The van der Waals surface area contributed by atoms with Gasteiger partial charge in [0.05, 0.1) is 16.3 Å². The molecule has 26 heavy (non-hydrogen) atoms. The first kappa shape index (κ1) is 14.9. The minimum atomic E-state index is -0.0739. The smallest absolute Gasteiger partial charge is 0.228 e. The molecule has 0 bridgehead atoms. The van der Waals surface area contributed by atoms with Gasteiger partial charge in [0.15, 0.2) is 0 Å². The second kappa shape index (κ2) is 5.30. The van der Waals surface area contributed by atoms with E-state index >= 15 is 0 Å². The Bertz CT molecular complexity index is 1230. The molecular formula is C22H17N2O2+. The number of amides is 1. The number of pyridine rings is 1. The van der Waals surface area contributed by atoms with Gasteiger partial charge in [-0.05, 0) is 30.3 Å². The topological polar surface area (TPSA) is 42.2 Å². The number of aryl methyl sites for hydroxylation is 1. The number of ether oxygens (including phenoxy) is 1. The number of fused-ring (bicyclic) bond motifs is 4. The first-order valence-corrected chi connectivity index (χ1v) is 8.57. The summed E-state index contributed by atoms with van der Waals surface area (Å²) in [6, 6.07) is 20.3. The van der Waals surface area contributed by atoms with Gasteiger partial charge in [0.25, 0.3) is 0 Å². The maximum absolute atomic E-state index is 11.5. The van der Waals surface area contributed by atoms with Gasteiger partial charge in [0.1, 0.15) is 18.5 Å². The van der Waals surface area contributed by atoms with Crippen LogP contribution in [0, 0.1) is 0 Å². The lowest BCUT2D eigenvalue weighted by Crippen LogP contribution is -2.33. The van der Waals surface area contributed by atoms with Crippen molar-refractivity contribution < 1.29 is 14.1 Å². The van der Waals surface area contributed by atoms with Crippen LogP contribution >= 0.6 is 0 Å². The van der Waals surface area contributed by atoms with E-state index in [4.69, 9.17) is 4.74 Å². The molecule has 4 aromatic rings. The number of carbonyl (C=O) groups is 1. The van der Waals surface area contributed by atoms with Gasteiger partial charge < -0.3 is 10.1 Å². The quantitative estimate of drug-likeness (QED) is 0.359. The van der Waals surface area contributed by atoms with E-state index in [-0.39, 0.29) is 5.91 Å². The van der Waals surface area contributed by atoms with Crippen molar-refractivity contribution in [1.29, 1.82) is 0 Å². The fourth-order valence-electron chi connectivity index (χ4n) is 3.88. The Hall–Kier alpha value is -3.40. The predicted molar refractivity (Wildman–Crippen MR) is 102 cm³/mol. The number of nitrogens with zero attached hydrogens (tertiary/aromatic N) is 1. The Labute approximate surface area is 150 Å². The van der Waals surface area contributed by atoms with Crippen LogP contribution in [0.25, 0.3) is 32.9 Å². The number of benzene rings is 3. The standard InChI is InChI=1S/C22H16N2O2/c1-13(25)23-14-10-11-15-16-7-5-9-20-21(16)22(24(2)18(15)12-14)17-6-3-4-8-19(17)26-20/h3-12H,1-2H3/p+1. The van der Waals surface area contributed by atoms with E-state index in [0.29, 0.717) is 0 Å². The van der Waals surface area contributed by atoms with Crippen LogP contribution < -0.4 is 14.6 Å². The molecule has 2 heterocycles. The molecule has 1 aliphatic heterocycles. The van der Waals surface area contributed by atoms with E-state index < -0.39 is 0 Å². The van der Waals surface area contributed by atoms with E-state index in [1.54, 1.807) is 0 Å². The van der Waals surface area contributed by atoms with Gasteiger partial charge in [0, 0.05) is 24.1 Å². The summed E-state index contributed by atoms with van der Waals surface area (Å²) < 4.78 is 8.35. The third-order valence-electron chi connectivity index (χ3n) is 4.93. The number of rotatable bonds is 1. The van der Waals surface area contributed by atoms with Crippen LogP contribution in [0.4, 0.5) is 5.69 Å². The van der Waals surface area contributed by atoms with Crippen LogP contribution in [0.5, 0.6) is 11.5 Å². The fourth-order valence-corrected chi connectivity index (χ4v) is 3.88. The molecule has 0 atom stereocenters. The lowest BCUT2D eigenvalue weighted by Gasteiger charge is -2.20. The van der Waals surface area contributed by atoms with Crippen LogP contribution in [-0.2, 0) is 11.8 Å². The molecule has 1 aliphatic rings. The summed E-state index contributed by atoms with van der Waals surface area (Å²) in [6.45, 7) is 1.52. The highest BCUT2D eigenvalue weighted by atomic mass is 16.5. The van der Waals surface area contributed by atoms with E-state index in [0.717, 1.165) is 50.1 Å². The molecule has 5 rings (SSSR count). The number of aromatic nitrogens is 1. The van der Waals surface area contributed by atoms with Crippen molar-refractivity contribution in [1.82, 2.24) is 0 Å². The predicted octanol–water partition coefficient (Wildman–Crippen LogP) is 4.55. The van der Waals surface area contributed by atoms with Gasteiger partial charge in [-0.1, -0.05) is 24.3 Å². The largest absolute Gasteiger partial charge is 0.456 e. The molecule has 1 aromatic heterocycles. The molecule has 1 N–H and O–H groups in total. The molecule has 4 nitrogen and oxygen atoms in total. The van der Waals surface area contributed by atoms with E-state index in [1.165, 1.54) is 6.92 Å². The number of nitrogens with one attached hydrogen (secondary N) is 1. The number of anilines is 1. The first-order chi connectivity index (χ1) is 12.6. The zero-order chi connectivity index (χ0) is 17.8. The van der Waals surface area contributed by atoms with Crippen LogP contribution in [0.3, 0.4) is 0 Å². The number of hydrogen-bond acceptors (Lipinski definition) is 2. The second-order valence-electron chi connectivity index (χ2n) is 6.60. The number of carbonyl (C=O) groups excluding carboxylic acids is 1. The number of hydrogen-bond donors (Lipinski definition) is 1. The van der Waals surface area contributed by atoms with Crippen molar-refractivity contribution in [3.05, 3.63) is 60.7 Å². The SMILES string of the molecule is CC(=O)Nc1ccc2c3cccc4c3c([n+](C)c2c1)-c1ccccc1O4. The Morgan fingerprint density at radius 2 is 1.77 bits per heavy atom. The summed E-state index contributed by atoms with van der Waals surface area (Å²) in [5.74, 6) is 1.66. The maximum Gasteiger partial charge on any atom is 0.228 e. The molecule has 126 valence electrons. The monoisotopic (exact) mass is 341 g/mol. The van der Waals surface area contributed by atoms with Crippen molar-refractivity contribution in [2.24, 2.45) is 7.05 Å². The highest BCUT2D eigenvalue weighted by Crippen LogP contribution is 2.46. The second-order valence-corrected chi connectivity index (χ2v) is 6.60. The molecule has 0 radical (unpaired) electrons. The summed E-state index contributed by atoms with van der Waals surface area (Å²) >= 11 is 0. The lowest BCUT2D eigenvalue weighted by atomic mass is 9.96. The van der Waals surface area contributed by atoms with E-state index in [1.807, 2.05) is 42.5 Å². The van der Waals surface area contributed by atoms with Gasteiger partial charge in [-0.2, -0.15) is 4.57 Å². The van der Waals surface area contributed by atoms with Crippen molar-refractivity contribution >= 4 is 33.3 Å². The Kier molecular flexibility index (Phi) is 3.04. The van der Waals surface area contributed by atoms with Gasteiger partial charge in [-0.3, -0.25) is 4.79 Å². The molecule has 0 fully saturated rings. The zero-order valence-electron chi connectivity index (χ0n) is 14.5. The Balaban J connectivity index is 1.95. The van der Waals surface area contributed by atoms with Crippen molar-refractivity contribution in [2.75, 3.05) is 5.32 Å². The van der Waals surface area contributed by atoms with Gasteiger partial charge in [-0.15, -0.1) is 0 Å². The average molecular weight is 341 g/mol. The molecule has 3 aromatic carbocycles. The molecule has 0 aliphatic carbocycles. The Morgan fingerprint density at radius 1 is 0.962 bits per heavy atom. The highest BCUT2D eigenvalue weighted by Gasteiger charge is 2.29. The first-order valence-electron chi connectivity index (χ1n) is 8.57. The molecular weight excluding hydrogens is 324 g/mol. The zero-order valence-corrected chi connectivity index (χ0v) is 14.5. The van der Waals surface area contributed by atoms with E-state index in [9.17, 15) is 4.79 Å². The third-order valence-corrected chi connectivity index (χ3v) is 4.93. The number of para-hydroxylation sites is 1. The maximum atomic E-state index is 11.5. The van der Waals surface area contributed by atoms with E-state index in [2.05, 4.69) is 35.1 Å². The minimum absolute atomic E-state index is 0.0739. The average Bonchev–Trinajstić information content (AvgIpc) is 2.64. The van der Waals surface area contributed by atoms with Crippen LogP contribution in [-0.4, -0.2) is 5.91 Å². The minimum Gasteiger partial charge on any atom is -0.456 e. The van der Waals surface area contributed by atoms with Gasteiger partial charge >= 0.3 is 0 Å². The Morgan fingerprint density at radius 3 is 2.62 bits per heavy atom. The third kappa shape index (κ3) is 2.02. The molecule has 0 unspecified atom stereocenters. The molecule has 4 heteroatoms. The lowest BCUT2D eigenvalue weighted by molar-refractivity contribution is -0.632. The molecule has 1 amide bonds. The van der Waals surface area contributed by atoms with Crippen LogP contribution in [0.15, 0.2) is 60.7 Å². The van der Waals surface area contributed by atoms with Gasteiger partial charge in [0.2, 0.25) is 17.1 Å². The van der Waals surface area contributed by atoms with Crippen LogP contribution in [0.2, 0.25) is 0 Å². The highest BCUT2D eigenvalue weighted by molar-refractivity contribution is 6.13. The summed E-state index contributed by atoms with van der Waals surface area (Å²) in [7, 11) is 2.06.